The van der Waals surface area contributed by atoms with Crippen LogP contribution in [0, 0.1) is 17.2 Å². The summed E-state index contributed by atoms with van der Waals surface area (Å²) in [6, 6.07) is 3.75. The van der Waals surface area contributed by atoms with Crippen LogP contribution in [0.25, 0.3) is 16.7 Å². The third-order valence-corrected chi connectivity index (χ3v) is 4.98. The Hall–Kier alpha value is -3.08. The van der Waals surface area contributed by atoms with Crippen LogP contribution in [0.4, 0.5) is 4.79 Å². The van der Waals surface area contributed by atoms with Crippen LogP contribution in [0.15, 0.2) is 24.7 Å². The molecule has 0 radical (unpaired) electrons. The van der Waals surface area contributed by atoms with Crippen molar-refractivity contribution >= 4 is 22.7 Å². The first-order valence-corrected chi connectivity index (χ1v) is 8.38. The van der Waals surface area contributed by atoms with Gasteiger partial charge >= 0.3 is 6.03 Å². The van der Waals surface area contributed by atoms with E-state index in [1.165, 1.54) is 0 Å². The summed E-state index contributed by atoms with van der Waals surface area (Å²) in [5.41, 5.74) is 2.75. The lowest BCUT2D eigenvalue weighted by atomic mass is 9.86. The number of carbonyl (C=O) groups excluding carboxylic acids is 1. The van der Waals surface area contributed by atoms with Gasteiger partial charge in [0, 0.05) is 25.2 Å². The number of urea groups is 1. The standard InChI is InChI=1S/C17H19N7O/c1-11-3-7-23(17(25)20-6-4-18)10-13(11)16-22-9-12-8-21-15-14(24(12)16)2-5-19-15/h2,5,8-9,11,13,19H,3,6-7,10H2,1H3,(H,20,25)/t11-,13+/m1/s1. The fraction of sp³-hybridized carbons (Fsp3) is 0.412. The Balaban J connectivity index is 1.70. The van der Waals surface area contributed by atoms with Crippen LogP contribution in [0.2, 0.25) is 0 Å². The molecule has 4 heterocycles. The number of nitrogens with one attached hydrogen (secondary N) is 2. The van der Waals surface area contributed by atoms with E-state index in [1.807, 2.05) is 24.5 Å². The van der Waals surface area contributed by atoms with Crippen molar-refractivity contribution in [1.29, 1.82) is 5.26 Å². The lowest BCUT2D eigenvalue weighted by molar-refractivity contribution is 0.160. The second kappa shape index (κ2) is 6.09. The van der Waals surface area contributed by atoms with E-state index in [9.17, 15) is 4.79 Å². The third kappa shape index (κ3) is 2.58. The maximum atomic E-state index is 12.2. The molecule has 4 rings (SSSR count). The van der Waals surface area contributed by atoms with Gasteiger partial charge in [-0.25, -0.2) is 14.8 Å². The van der Waals surface area contributed by atoms with E-state index < -0.39 is 0 Å². The van der Waals surface area contributed by atoms with Crippen molar-refractivity contribution in [2.75, 3.05) is 19.6 Å². The minimum absolute atomic E-state index is 0.0253. The quantitative estimate of drug-likeness (QED) is 0.697. The topological polar surface area (TPSA) is 102 Å². The molecule has 2 atom stereocenters. The highest BCUT2D eigenvalue weighted by molar-refractivity contribution is 5.76. The van der Waals surface area contributed by atoms with Crippen LogP contribution in [0.5, 0.6) is 0 Å². The predicted molar refractivity (Wildman–Crippen MR) is 92.0 cm³/mol. The van der Waals surface area contributed by atoms with Gasteiger partial charge in [0.15, 0.2) is 5.65 Å². The number of nitriles is 1. The average molecular weight is 337 g/mol. The average Bonchev–Trinajstić information content (AvgIpc) is 3.25. The molecule has 0 aliphatic carbocycles. The number of hydrogen-bond donors (Lipinski definition) is 2. The minimum atomic E-state index is -0.187. The smallest absolute Gasteiger partial charge is 0.318 e. The van der Waals surface area contributed by atoms with Crippen molar-refractivity contribution < 1.29 is 4.79 Å². The maximum Gasteiger partial charge on any atom is 0.318 e. The van der Waals surface area contributed by atoms with E-state index in [4.69, 9.17) is 5.26 Å². The molecular weight excluding hydrogens is 318 g/mol. The first-order chi connectivity index (χ1) is 12.2. The summed E-state index contributed by atoms with van der Waals surface area (Å²) in [5, 5.41) is 11.3. The van der Waals surface area contributed by atoms with Gasteiger partial charge in [-0.05, 0) is 18.4 Å². The van der Waals surface area contributed by atoms with Crippen LogP contribution in [0.3, 0.4) is 0 Å². The van der Waals surface area contributed by atoms with E-state index in [2.05, 4.69) is 31.6 Å². The van der Waals surface area contributed by atoms with E-state index >= 15 is 0 Å². The number of carbonyl (C=O) groups is 1. The molecule has 25 heavy (non-hydrogen) atoms. The van der Waals surface area contributed by atoms with E-state index in [1.54, 1.807) is 11.1 Å². The van der Waals surface area contributed by atoms with Crippen molar-refractivity contribution in [2.45, 2.75) is 19.3 Å². The van der Waals surface area contributed by atoms with Crippen LogP contribution < -0.4 is 5.32 Å². The highest BCUT2D eigenvalue weighted by atomic mass is 16.2. The molecule has 2 amide bonds. The molecular formula is C17H19N7O. The molecule has 0 saturated carbocycles. The number of nitrogens with zero attached hydrogens (tertiary/aromatic N) is 5. The molecule has 128 valence electrons. The molecule has 8 nitrogen and oxygen atoms in total. The lowest BCUT2D eigenvalue weighted by Crippen LogP contribution is -2.47. The summed E-state index contributed by atoms with van der Waals surface area (Å²) in [5.74, 6) is 1.49. The van der Waals surface area contributed by atoms with Gasteiger partial charge in [0.1, 0.15) is 12.4 Å². The van der Waals surface area contributed by atoms with Gasteiger partial charge < -0.3 is 15.2 Å². The molecule has 8 heteroatoms. The number of aromatic amines is 1. The Labute approximate surface area is 144 Å². The van der Waals surface area contributed by atoms with Gasteiger partial charge in [-0.2, -0.15) is 5.26 Å². The number of imidazole rings is 1. The second-order valence-electron chi connectivity index (χ2n) is 6.48. The Bertz CT molecular complexity index is 966. The maximum absolute atomic E-state index is 12.2. The minimum Gasteiger partial charge on any atom is -0.345 e. The normalized spacial score (nSPS) is 20.7. The van der Waals surface area contributed by atoms with Crippen molar-refractivity contribution in [1.82, 2.24) is 29.6 Å². The van der Waals surface area contributed by atoms with E-state index in [-0.39, 0.29) is 18.5 Å². The van der Waals surface area contributed by atoms with Gasteiger partial charge in [0.2, 0.25) is 0 Å². The van der Waals surface area contributed by atoms with Crippen molar-refractivity contribution in [3.63, 3.8) is 0 Å². The number of piperidine rings is 1. The van der Waals surface area contributed by atoms with Gasteiger partial charge in [0.05, 0.1) is 29.5 Å². The molecule has 0 bridgehead atoms. The fourth-order valence-electron chi connectivity index (χ4n) is 3.58. The van der Waals surface area contributed by atoms with Crippen LogP contribution in [-0.2, 0) is 0 Å². The number of rotatable bonds is 2. The second-order valence-corrected chi connectivity index (χ2v) is 6.48. The highest BCUT2D eigenvalue weighted by Crippen LogP contribution is 2.32. The summed E-state index contributed by atoms with van der Waals surface area (Å²) >= 11 is 0. The summed E-state index contributed by atoms with van der Waals surface area (Å²) in [6.07, 6.45) is 6.41. The molecule has 1 aliphatic heterocycles. The van der Waals surface area contributed by atoms with E-state index in [0.717, 1.165) is 28.9 Å². The number of amides is 2. The number of fused-ring (bicyclic) bond motifs is 3. The monoisotopic (exact) mass is 337 g/mol. The number of aromatic nitrogens is 4. The number of hydrogen-bond acceptors (Lipinski definition) is 4. The van der Waals surface area contributed by atoms with Crippen LogP contribution in [-0.4, -0.2) is 49.9 Å². The highest BCUT2D eigenvalue weighted by Gasteiger charge is 2.32. The van der Waals surface area contributed by atoms with Gasteiger partial charge in [0.25, 0.3) is 0 Å². The van der Waals surface area contributed by atoms with Crippen LogP contribution >= 0.6 is 0 Å². The molecule has 0 unspecified atom stereocenters. The molecule has 1 aliphatic rings. The molecule has 0 aromatic carbocycles. The van der Waals surface area contributed by atoms with Crippen molar-refractivity contribution in [3.05, 3.63) is 30.5 Å². The lowest BCUT2D eigenvalue weighted by Gasteiger charge is -2.36. The predicted octanol–water partition coefficient (Wildman–Crippen LogP) is 1.87. The Kier molecular flexibility index (Phi) is 3.76. The fourth-order valence-corrected chi connectivity index (χ4v) is 3.58. The first-order valence-electron chi connectivity index (χ1n) is 8.38. The SMILES string of the molecule is C[C@@H]1CCN(C(=O)NCC#N)C[C@@H]1c1ncc2cnc3[nH]ccc3n12. The molecule has 1 saturated heterocycles. The molecule has 3 aromatic heterocycles. The molecule has 1 fully saturated rings. The summed E-state index contributed by atoms with van der Waals surface area (Å²) in [6.45, 7) is 3.51. The summed E-state index contributed by atoms with van der Waals surface area (Å²) in [7, 11) is 0. The largest absolute Gasteiger partial charge is 0.345 e. The Morgan fingerprint density at radius 1 is 1.48 bits per heavy atom. The number of H-pyrrole nitrogens is 1. The third-order valence-electron chi connectivity index (χ3n) is 4.98. The van der Waals surface area contributed by atoms with Crippen molar-refractivity contribution in [3.8, 4) is 6.07 Å². The molecule has 2 N–H and O–H groups in total. The zero-order chi connectivity index (χ0) is 17.4. The van der Waals surface area contributed by atoms with E-state index in [0.29, 0.717) is 19.0 Å². The van der Waals surface area contributed by atoms with Crippen LogP contribution in [0.1, 0.15) is 25.1 Å². The Morgan fingerprint density at radius 2 is 2.32 bits per heavy atom. The van der Waals surface area contributed by atoms with Gasteiger partial charge in [-0.3, -0.25) is 4.40 Å². The molecule has 0 spiro atoms. The zero-order valence-electron chi connectivity index (χ0n) is 13.9. The van der Waals surface area contributed by atoms with Gasteiger partial charge in [-0.15, -0.1) is 0 Å². The summed E-state index contributed by atoms with van der Waals surface area (Å²) < 4.78 is 2.12. The zero-order valence-corrected chi connectivity index (χ0v) is 13.9. The van der Waals surface area contributed by atoms with Gasteiger partial charge in [-0.1, -0.05) is 6.92 Å². The van der Waals surface area contributed by atoms with Crippen molar-refractivity contribution in [2.24, 2.45) is 5.92 Å². The first kappa shape index (κ1) is 15.4. The molecule has 3 aromatic rings. The summed E-state index contributed by atoms with van der Waals surface area (Å²) in [4.78, 5) is 26.2. The number of likely N-dealkylation sites (tertiary alicyclic amines) is 1. The Morgan fingerprint density at radius 3 is 3.16 bits per heavy atom.